The molecule has 0 fully saturated rings. The number of hydrogen-bond acceptors (Lipinski definition) is 5. The molecule has 0 heterocycles. The number of ketones is 1. The quantitative estimate of drug-likeness (QED) is 0.467. The van der Waals surface area contributed by atoms with Crippen LogP contribution >= 0.6 is 0 Å². The van der Waals surface area contributed by atoms with Crippen LogP contribution < -0.4 is 10.6 Å². The Kier molecular flexibility index (Phi) is 9.90. The summed E-state index contributed by atoms with van der Waals surface area (Å²) in [6.07, 6.45) is -0.328. The van der Waals surface area contributed by atoms with Crippen LogP contribution in [0, 0.1) is 0 Å². The molecule has 0 radical (unpaired) electrons. The summed E-state index contributed by atoms with van der Waals surface area (Å²) in [5.74, 6) is -2.00. The first-order chi connectivity index (χ1) is 15.4. The van der Waals surface area contributed by atoms with E-state index in [0.29, 0.717) is 6.42 Å². The molecule has 2 atom stereocenters. The van der Waals surface area contributed by atoms with Crippen LogP contribution in [0.25, 0.3) is 0 Å². The maximum Gasteiger partial charge on any atom is 0.408 e. The number of amides is 2. The Morgan fingerprint density at radius 1 is 0.875 bits per heavy atom. The fourth-order valence-corrected chi connectivity index (χ4v) is 2.98. The Balaban J connectivity index is 2.05. The molecule has 32 heavy (non-hydrogen) atoms. The normalized spacial score (nSPS) is 12.3. The van der Waals surface area contributed by atoms with Gasteiger partial charge in [0.25, 0.3) is 0 Å². The van der Waals surface area contributed by atoms with Crippen molar-refractivity contribution in [2.24, 2.45) is 0 Å². The Labute approximate surface area is 187 Å². The first-order valence-corrected chi connectivity index (χ1v) is 10.4. The fraction of sp³-hybridized carbons (Fsp3) is 0.333. The third kappa shape index (κ3) is 8.59. The van der Waals surface area contributed by atoms with Gasteiger partial charge in [0.2, 0.25) is 5.91 Å². The molecule has 0 saturated heterocycles. The van der Waals surface area contributed by atoms with Crippen molar-refractivity contribution in [3.8, 4) is 0 Å². The highest BCUT2D eigenvalue weighted by atomic mass is 16.5. The van der Waals surface area contributed by atoms with Gasteiger partial charge in [-0.05, 0) is 17.5 Å². The molecule has 2 amide bonds. The first-order valence-electron chi connectivity index (χ1n) is 10.4. The SMILES string of the molecule is CCC(=O)CC[C@@H](NC(=O)[C@@H](Cc1ccccc1)NC(=O)OCc1ccccc1)C(=O)O. The lowest BCUT2D eigenvalue weighted by Crippen LogP contribution is -2.52. The molecular formula is C24H28N2O6. The van der Waals surface area contributed by atoms with Crippen molar-refractivity contribution in [3.05, 3.63) is 71.8 Å². The van der Waals surface area contributed by atoms with Gasteiger partial charge in [-0.1, -0.05) is 67.6 Å². The molecule has 170 valence electrons. The highest BCUT2D eigenvalue weighted by molar-refractivity contribution is 5.89. The second-order valence-corrected chi connectivity index (χ2v) is 7.28. The average Bonchev–Trinajstić information content (AvgIpc) is 2.80. The summed E-state index contributed by atoms with van der Waals surface area (Å²) in [6.45, 7) is 1.72. The predicted molar refractivity (Wildman–Crippen MR) is 118 cm³/mol. The van der Waals surface area contributed by atoms with Crippen LogP contribution in [0.2, 0.25) is 0 Å². The largest absolute Gasteiger partial charge is 0.480 e. The average molecular weight is 440 g/mol. The summed E-state index contributed by atoms with van der Waals surface area (Å²) >= 11 is 0. The second-order valence-electron chi connectivity index (χ2n) is 7.28. The molecule has 0 spiro atoms. The molecule has 2 rings (SSSR count). The van der Waals surface area contributed by atoms with Crippen LogP contribution in [0.5, 0.6) is 0 Å². The number of ether oxygens (including phenoxy) is 1. The van der Waals surface area contributed by atoms with Crippen molar-refractivity contribution in [2.75, 3.05) is 0 Å². The lowest BCUT2D eigenvalue weighted by Gasteiger charge is -2.21. The Bertz CT molecular complexity index is 901. The number of alkyl carbamates (subject to hydrolysis) is 1. The standard InChI is InChI=1S/C24H28N2O6/c1-2-19(27)13-14-20(23(29)30)25-22(28)21(15-17-9-5-3-6-10-17)26-24(31)32-16-18-11-7-4-8-12-18/h3-12,20-21H,2,13-16H2,1H3,(H,25,28)(H,26,31)(H,29,30)/t20-,21-/m1/s1. The summed E-state index contributed by atoms with van der Waals surface area (Å²) in [5, 5.41) is 14.4. The van der Waals surface area contributed by atoms with Gasteiger partial charge >= 0.3 is 12.1 Å². The molecule has 2 aromatic rings. The van der Waals surface area contributed by atoms with Crippen LogP contribution in [0.1, 0.15) is 37.3 Å². The highest BCUT2D eigenvalue weighted by Crippen LogP contribution is 2.07. The first kappa shape index (κ1) is 24.6. The minimum Gasteiger partial charge on any atom is -0.480 e. The lowest BCUT2D eigenvalue weighted by molar-refractivity contribution is -0.142. The molecular weight excluding hydrogens is 412 g/mol. The maximum absolute atomic E-state index is 12.9. The molecule has 3 N–H and O–H groups in total. The number of Topliss-reactive ketones (excluding diaryl/α,β-unsaturated/α-hetero) is 1. The predicted octanol–water partition coefficient (Wildman–Crippen LogP) is 2.85. The molecule has 0 aliphatic rings. The van der Waals surface area contributed by atoms with Crippen molar-refractivity contribution in [2.45, 2.75) is 51.3 Å². The molecule has 2 aromatic carbocycles. The number of benzene rings is 2. The van der Waals surface area contributed by atoms with E-state index < -0.39 is 30.1 Å². The Morgan fingerprint density at radius 3 is 2.03 bits per heavy atom. The van der Waals surface area contributed by atoms with Gasteiger partial charge in [-0.2, -0.15) is 0 Å². The molecule has 0 saturated carbocycles. The van der Waals surface area contributed by atoms with E-state index in [0.717, 1.165) is 11.1 Å². The summed E-state index contributed by atoms with van der Waals surface area (Å²) in [7, 11) is 0. The third-order valence-corrected chi connectivity index (χ3v) is 4.82. The topological polar surface area (TPSA) is 122 Å². The van der Waals surface area contributed by atoms with E-state index in [4.69, 9.17) is 4.74 Å². The Morgan fingerprint density at radius 2 is 1.47 bits per heavy atom. The zero-order valence-electron chi connectivity index (χ0n) is 18.0. The maximum atomic E-state index is 12.9. The molecule has 0 aliphatic carbocycles. The van der Waals surface area contributed by atoms with Gasteiger partial charge in [-0.25, -0.2) is 9.59 Å². The van der Waals surface area contributed by atoms with Gasteiger partial charge in [0.1, 0.15) is 24.5 Å². The van der Waals surface area contributed by atoms with E-state index in [1.54, 1.807) is 43.3 Å². The van der Waals surface area contributed by atoms with E-state index in [9.17, 15) is 24.3 Å². The number of carbonyl (C=O) groups is 4. The number of carboxylic acids is 1. The van der Waals surface area contributed by atoms with E-state index >= 15 is 0 Å². The summed E-state index contributed by atoms with van der Waals surface area (Å²) in [4.78, 5) is 48.3. The van der Waals surface area contributed by atoms with Crippen LogP contribution in [-0.2, 0) is 32.1 Å². The monoisotopic (exact) mass is 440 g/mol. The van der Waals surface area contributed by atoms with Crippen molar-refractivity contribution >= 4 is 23.8 Å². The summed E-state index contributed by atoms with van der Waals surface area (Å²) in [5.41, 5.74) is 1.57. The fourth-order valence-electron chi connectivity index (χ4n) is 2.98. The number of rotatable bonds is 12. The minimum atomic E-state index is -1.24. The van der Waals surface area contributed by atoms with Gasteiger partial charge in [-0.15, -0.1) is 0 Å². The number of aliphatic carboxylic acids is 1. The van der Waals surface area contributed by atoms with Gasteiger partial charge in [0.05, 0.1) is 0 Å². The molecule has 0 aromatic heterocycles. The zero-order chi connectivity index (χ0) is 23.3. The van der Waals surface area contributed by atoms with Crippen molar-refractivity contribution in [1.82, 2.24) is 10.6 Å². The molecule has 8 nitrogen and oxygen atoms in total. The van der Waals surface area contributed by atoms with Crippen LogP contribution in [0.3, 0.4) is 0 Å². The minimum absolute atomic E-state index is 0.0236. The molecule has 0 bridgehead atoms. The smallest absolute Gasteiger partial charge is 0.408 e. The molecule has 8 heteroatoms. The summed E-state index contributed by atoms with van der Waals surface area (Å²) in [6, 6.07) is 15.8. The van der Waals surface area contributed by atoms with E-state index in [1.165, 1.54) is 0 Å². The number of hydrogen-bond donors (Lipinski definition) is 3. The van der Waals surface area contributed by atoms with Crippen molar-refractivity contribution in [3.63, 3.8) is 0 Å². The summed E-state index contributed by atoms with van der Waals surface area (Å²) < 4.78 is 5.20. The van der Waals surface area contributed by atoms with Gasteiger partial charge in [-0.3, -0.25) is 9.59 Å². The zero-order valence-corrected chi connectivity index (χ0v) is 18.0. The second kappa shape index (κ2) is 12.9. The number of carboxylic acid groups (broad SMARTS) is 1. The third-order valence-electron chi connectivity index (χ3n) is 4.82. The molecule has 0 aliphatic heterocycles. The van der Waals surface area contributed by atoms with E-state index in [2.05, 4.69) is 10.6 Å². The van der Waals surface area contributed by atoms with E-state index in [1.807, 2.05) is 24.3 Å². The van der Waals surface area contributed by atoms with Gasteiger partial charge < -0.3 is 20.5 Å². The Hall–Kier alpha value is -3.68. The van der Waals surface area contributed by atoms with Gasteiger partial charge in [0.15, 0.2) is 0 Å². The van der Waals surface area contributed by atoms with Gasteiger partial charge in [0, 0.05) is 19.3 Å². The number of carbonyl (C=O) groups excluding carboxylic acids is 3. The molecule has 0 unspecified atom stereocenters. The lowest BCUT2D eigenvalue weighted by atomic mass is 10.0. The van der Waals surface area contributed by atoms with Crippen LogP contribution in [-0.4, -0.2) is 40.9 Å². The van der Waals surface area contributed by atoms with Crippen molar-refractivity contribution in [1.29, 1.82) is 0 Å². The van der Waals surface area contributed by atoms with Crippen LogP contribution in [0.4, 0.5) is 4.79 Å². The highest BCUT2D eigenvalue weighted by Gasteiger charge is 2.27. The van der Waals surface area contributed by atoms with E-state index in [-0.39, 0.29) is 31.7 Å². The number of nitrogens with one attached hydrogen (secondary N) is 2. The van der Waals surface area contributed by atoms with Crippen LogP contribution in [0.15, 0.2) is 60.7 Å². The van der Waals surface area contributed by atoms with Crippen molar-refractivity contribution < 1.29 is 29.0 Å².